The zero-order chi connectivity index (χ0) is 16.5. The van der Waals surface area contributed by atoms with Crippen LogP contribution in [-0.2, 0) is 13.0 Å². The Bertz CT molecular complexity index is 880. The third-order valence-corrected chi connectivity index (χ3v) is 4.77. The Morgan fingerprint density at radius 3 is 2.58 bits per heavy atom. The third-order valence-electron chi connectivity index (χ3n) is 4.32. The van der Waals surface area contributed by atoms with Crippen molar-refractivity contribution in [2.24, 2.45) is 0 Å². The molecule has 3 aromatic rings. The number of benzene rings is 1. The molecule has 0 N–H and O–H groups in total. The summed E-state index contributed by atoms with van der Waals surface area (Å²) >= 11 is 6.53. The van der Waals surface area contributed by atoms with Crippen LogP contribution in [0.15, 0.2) is 48.7 Å². The van der Waals surface area contributed by atoms with Gasteiger partial charge in [-0.3, -0.25) is 4.98 Å². The van der Waals surface area contributed by atoms with E-state index in [1.807, 2.05) is 25.1 Å². The summed E-state index contributed by atoms with van der Waals surface area (Å²) in [5, 5.41) is 0.620. The maximum Gasteiger partial charge on any atom is 0.180 e. The molecule has 0 aliphatic carbocycles. The van der Waals surface area contributed by atoms with Gasteiger partial charge in [-0.25, -0.2) is 9.97 Å². The van der Waals surface area contributed by atoms with Crippen molar-refractivity contribution in [1.82, 2.24) is 15.0 Å². The van der Waals surface area contributed by atoms with Crippen molar-refractivity contribution in [3.8, 4) is 11.5 Å². The lowest BCUT2D eigenvalue weighted by atomic mass is 10.00. The van der Waals surface area contributed by atoms with Gasteiger partial charge in [0, 0.05) is 19.3 Å². The predicted molar refractivity (Wildman–Crippen MR) is 96.2 cm³/mol. The SMILES string of the molecule is Cc1nc(-c2ccccn2)nc(N2CCc3ccccc3C2)c1Cl. The highest BCUT2D eigenvalue weighted by molar-refractivity contribution is 6.33. The molecule has 1 aliphatic rings. The molecule has 0 saturated carbocycles. The highest BCUT2D eigenvalue weighted by atomic mass is 35.5. The lowest BCUT2D eigenvalue weighted by Gasteiger charge is -2.30. The molecule has 24 heavy (non-hydrogen) atoms. The van der Waals surface area contributed by atoms with E-state index >= 15 is 0 Å². The summed E-state index contributed by atoms with van der Waals surface area (Å²) in [5.74, 6) is 1.41. The van der Waals surface area contributed by atoms with Gasteiger partial charge < -0.3 is 4.90 Å². The minimum atomic E-state index is 0.617. The van der Waals surface area contributed by atoms with Crippen LogP contribution in [0, 0.1) is 6.92 Å². The first-order valence-electron chi connectivity index (χ1n) is 7.99. The van der Waals surface area contributed by atoms with Gasteiger partial charge in [0.2, 0.25) is 0 Å². The van der Waals surface area contributed by atoms with E-state index in [2.05, 4.69) is 39.1 Å². The van der Waals surface area contributed by atoms with Crippen LogP contribution < -0.4 is 4.90 Å². The number of hydrogen-bond acceptors (Lipinski definition) is 4. The van der Waals surface area contributed by atoms with Gasteiger partial charge in [-0.15, -0.1) is 0 Å². The second-order valence-electron chi connectivity index (χ2n) is 5.93. The number of pyridine rings is 1. The van der Waals surface area contributed by atoms with Gasteiger partial charge in [0.1, 0.15) is 10.7 Å². The molecule has 0 spiro atoms. The van der Waals surface area contributed by atoms with Crippen LogP contribution in [-0.4, -0.2) is 21.5 Å². The number of rotatable bonds is 2. The average Bonchev–Trinajstić information content (AvgIpc) is 2.64. The smallest absolute Gasteiger partial charge is 0.180 e. The Kier molecular flexibility index (Phi) is 3.90. The second kappa shape index (κ2) is 6.21. The van der Waals surface area contributed by atoms with Crippen molar-refractivity contribution in [3.05, 3.63) is 70.5 Å². The van der Waals surface area contributed by atoms with Crippen molar-refractivity contribution in [3.63, 3.8) is 0 Å². The molecule has 0 unspecified atom stereocenters. The Hall–Kier alpha value is -2.46. The van der Waals surface area contributed by atoms with Gasteiger partial charge in [0.25, 0.3) is 0 Å². The van der Waals surface area contributed by atoms with E-state index in [9.17, 15) is 0 Å². The van der Waals surface area contributed by atoms with Crippen LogP contribution in [0.25, 0.3) is 11.5 Å². The molecule has 0 saturated heterocycles. The molecule has 0 fully saturated rings. The first-order chi connectivity index (χ1) is 11.7. The molecule has 0 amide bonds. The Labute approximate surface area is 146 Å². The van der Waals surface area contributed by atoms with Crippen molar-refractivity contribution >= 4 is 17.4 Å². The van der Waals surface area contributed by atoms with E-state index in [4.69, 9.17) is 16.6 Å². The van der Waals surface area contributed by atoms with Gasteiger partial charge in [0.15, 0.2) is 11.6 Å². The monoisotopic (exact) mass is 336 g/mol. The lowest BCUT2D eigenvalue weighted by molar-refractivity contribution is 0.719. The number of fused-ring (bicyclic) bond motifs is 1. The Morgan fingerprint density at radius 2 is 1.79 bits per heavy atom. The quantitative estimate of drug-likeness (QED) is 0.707. The minimum absolute atomic E-state index is 0.617. The fourth-order valence-corrected chi connectivity index (χ4v) is 3.24. The fraction of sp³-hybridized carbons (Fsp3) is 0.211. The number of halogens is 1. The predicted octanol–water partition coefficient (Wildman–Crippen LogP) is 4.06. The molecule has 4 rings (SSSR count). The van der Waals surface area contributed by atoms with Crippen LogP contribution in [0.5, 0.6) is 0 Å². The molecule has 0 atom stereocenters. The van der Waals surface area contributed by atoms with E-state index in [1.165, 1.54) is 11.1 Å². The molecule has 2 aromatic heterocycles. The highest BCUT2D eigenvalue weighted by Gasteiger charge is 2.22. The zero-order valence-electron chi connectivity index (χ0n) is 13.4. The first-order valence-corrected chi connectivity index (χ1v) is 8.37. The normalized spacial score (nSPS) is 13.7. The van der Waals surface area contributed by atoms with Gasteiger partial charge in [-0.2, -0.15) is 0 Å². The van der Waals surface area contributed by atoms with Gasteiger partial charge >= 0.3 is 0 Å². The van der Waals surface area contributed by atoms with Crippen molar-refractivity contribution < 1.29 is 0 Å². The number of anilines is 1. The largest absolute Gasteiger partial charge is 0.351 e. The van der Waals surface area contributed by atoms with E-state index in [-0.39, 0.29) is 0 Å². The topological polar surface area (TPSA) is 41.9 Å². The van der Waals surface area contributed by atoms with E-state index < -0.39 is 0 Å². The van der Waals surface area contributed by atoms with Crippen LogP contribution >= 0.6 is 11.6 Å². The molecule has 4 nitrogen and oxygen atoms in total. The number of nitrogens with zero attached hydrogens (tertiary/aromatic N) is 4. The molecule has 0 bridgehead atoms. The van der Waals surface area contributed by atoms with E-state index in [1.54, 1.807) is 6.20 Å². The standard InChI is InChI=1S/C19H17ClN4/c1-13-17(20)19(23-18(22-13)16-8-4-5-10-21-16)24-11-9-14-6-2-3-7-15(14)12-24/h2-8,10H,9,11-12H2,1H3. The highest BCUT2D eigenvalue weighted by Crippen LogP contribution is 2.31. The number of aromatic nitrogens is 3. The van der Waals surface area contributed by atoms with Crippen molar-refractivity contribution in [2.45, 2.75) is 19.9 Å². The first kappa shape index (κ1) is 15.1. The summed E-state index contributed by atoms with van der Waals surface area (Å²) in [5.41, 5.74) is 4.27. The van der Waals surface area contributed by atoms with Crippen molar-refractivity contribution in [2.75, 3.05) is 11.4 Å². The molecule has 120 valence electrons. The summed E-state index contributed by atoms with van der Waals surface area (Å²) < 4.78 is 0. The van der Waals surface area contributed by atoms with Crippen LogP contribution in [0.3, 0.4) is 0 Å². The molecule has 1 aromatic carbocycles. The molecule has 1 aliphatic heterocycles. The van der Waals surface area contributed by atoms with Crippen LogP contribution in [0.4, 0.5) is 5.82 Å². The molecule has 5 heteroatoms. The molecular formula is C19H17ClN4. The summed E-state index contributed by atoms with van der Waals surface area (Å²) in [7, 11) is 0. The van der Waals surface area contributed by atoms with Gasteiger partial charge in [0.05, 0.1) is 5.69 Å². The average molecular weight is 337 g/mol. The Balaban J connectivity index is 1.75. The second-order valence-corrected chi connectivity index (χ2v) is 6.30. The van der Waals surface area contributed by atoms with Crippen molar-refractivity contribution in [1.29, 1.82) is 0 Å². The maximum absolute atomic E-state index is 6.53. The summed E-state index contributed by atoms with van der Waals surface area (Å²) in [6.07, 6.45) is 2.74. The summed E-state index contributed by atoms with van der Waals surface area (Å²) in [6, 6.07) is 14.3. The van der Waals surface area contributed by atoms with E-state index in [0.717, 1.165) is 36.7 Å². The summed E-state index contributed by atoms with van der Waals surface area (Å²) in [6.45, 7) is 3.63. The summed E-state index contributed by atoms with van der Waals surface area (Å²) in [4.78, 5) is 15.8. The van der Waals surface area contributed by atoms with Crippen LogP contribution in [0.2, 0.25) is 5.02 Å². The number of aryl methyl sites for hydroxylation is 1. The van der Waals surface area contributed by atoms with Gasteiger partial charge in [-0.1, -0.05) is 41.9 Å². The number of hydrogen-bond donors (Lipinski definition) is 0. The molecular weight excluding hydrogens is 320 g/mol. The zero-order valence-corrected chi connectivity index (χ0v) is 14.2. The third kappa shape index (κ3) is 2.74. The Morgan fingerprint density at radius 1 is 1.00 bits per heavy atom. The molecule has 0 radical (unpaired) electrons. The van der Waals surface area contributed by atoms with Gasteiger partial charge in [-0.05, 0) is 36.6 Å². The van der Waals surface area contributed by atoms with E-state index in [0.29, 0.717) is 10.8 Å². The van der Waals surface area contributed by atoms with Crippen LogP contribution in [0.1, 0.15) is 16.8 Å². The molecule has 3 heterocycles. The maximum atomic E-state index is 6.53. The minimum Gasteiger partial charge on any atom is -0.351 e. The fourth-order valence-electron chi connectivity index (χ4n) is 3.04. The lowest BCUT2D eigenvalue weighted by Crippen LogP contribution is -2.31.